The molecule has 1 unspecified atom stereocenters. The molecule has 0 radical (unpaired) electrons. The van der Waals surface area contributed by atoms with Gasteiger partial charge in [-0.2, -0.15) is 0 Å². The van der Waals surface area contributed by atoms with E-state index in [4.69, 9.17) is 0 Å². The van der Waals surface area contributed by atoms with Gasteiger partial charge in [0.1, 0.15) is 0 Å². The number of aliphatic hydroxyl groups is 1. The van der Waals surface area contributed by atoms with Crippen molar-refractivity contribution in [2.24, 2.45) is 0 Å². The highest BCUT2D eigenvalue weighted by Gasteiger charge is 2.43. The minimum absolute atomic E-state index is 0.0552. The van der Waals surface area contributed by atoms with E-state index in [1.165, 1.54) is 39.1 Å². The number of aliphatic hydroxyl groups excluding tert-OH is 1. The molecule has 0 saturated carbocycles. The number of fused-ring (bicyclic) bond motifs is 5. The first kappa shape index (κ1) is 16.6. The summed E-state index contributed by atoms with van der Waals surface area (Å²) >= 11 is 0. The van der Waals surface area contributed by atoms with Gasteiger partial charge in [-0.05, 0) is 58.7 Å². The summed E-state index contributed by atoms with van der Waals surface area (Å²) < 4.78 is 0. The highest BCUT2D eigenvalue weighted by Crippen LogP contribution is 2.49. The molecule has 0 saturated heterocycles. The van der Waals surface area contributed by atoms with Crippen LogP contribution >= 0.6 is 0 Å². The van der Waals surface area contributed by atoms with Crippen molar-refractivity contribution in [1.29, 1.82) is 0 Å². The van der Waals surface area contributed by atoms with Crippen LogP contribution in [0.25, 0.3) is 11.1 Å². The Balaban J connectivity index is 1.63. The summed E-state index contributed by atoms with van der Waals surface area (Å²) in [7, 11) is 0. The third kappa shape index (κ3) is 2.67. The van der Waals surface area contributed by atoms with Gasteiger partial charge >= 0.3 is 0 Å². The average molecular weight is 355 g/mol. The molecule has 3 aromatic carbocycles. The van der Waals surface area contributed by atoms with Crippen LogP contribution in [0.5, 0.6) is 0 Å². The van der Waals surface area contributed by atoms with Crippen LogP contribution in [0.15, 0.2) is 66.7 Å². The Bertz CT molecular complexity index is 966. The van der Waals surface area contributed by atoms with E-state index < -0.39 is 0 Å². The van der Waals surface area contributed by atoms with Crippen LogP contribution in [-0.2, 0) is 24.8 Å². The summed E-state index contributed by atoms with van der Waals surface area (Å²) in [5, 5.41) is 13.1. The molecule has 3 aromatic rings. The van der Waals surface area contributed by atoms with Crippen LogP contribution in [0.4, 0.5) is 5.69 Å². The molecule has 27 heavy (non-hydrogen) atoms. The molecule has 2 aliphatic rings. The average Bonchev–Trinajstić information content (AvgIpc) is 3.08. The molecule has 1 heterocycles. The number of hydrogen-bond donors (Lipinski definition) is 2. The maximum absolute atomic E-state index is 9.17. The van der Waals surface area contributed by atoms with E-state index in [2.05, 4.69) is 72.0 Å². The molecule has 5 rings (SSSR count). The highest BCUT2D eigenvalue weighted by atomic mass is 16.2. The van der Waals surface area contributed by atoms with Gasteiger partial charge in [0.25, 0.3) is 0 Å². The lowest BCUT2D eigenvalue weighted by molar-refractivity contribution is 0.284. The molecule has 136 valence electrons. The number of hydrogen-bond acceptors (Lipinski definition) is 2. The quantitative estimate of drug-likeness (QED) is 0.639. The molecule has 0 bridgehead atoms. The lowest BCUT2D eigenvalue weighted by Gasteiger charge is -2.39. The zero-order valence-electron chi connectivity index (χ0n) is 15.5. The summed E-state index contributed by atoms with van der Waals surface area (Å²) in [6.07, 6.45) is 4.99. The van der Waals surface area contributed by atoms with E-state index in [0.29, 0.717) is 0 Å². The lowest BCUT2D eigenvalue weighted by atomic mass is 9.71. The van der Waals surface area contributed by atoms with Crippen LogP contribution in [0.1, 0.15) is 35.1 Å². The lowest BCUT2D eigenvalue weighted by Crippen LogP contribution is -2.39. The van der Waals surface area contributed by atoms with Crippen LogP contribution in [-0.4, -0.2) is 11.7 Å². The fourth-order valence-electron chi connectivity index (χ4n) is 4.98. The van der Waals surface area contributed by atoms with Crippen molar-refractivity contribution in [1.82, 2.24) is 0 Å². The van der Waals surface area contributed by atoms with Gasteiger partial charge in [0.2, 0.25) is 0 Å². The molecule has 2 N–H and O–H groups in total. The fourth-order valence-corrected chi connectivity index (χ4v) is 4.98. The third-order valence-electron chi connectivity index (χ3n) is 6.22. The van der Waals surface area contributed by atoms with Crippen LogP contribution in [0.3, 0.4) is 0 Å². The van der Waals surface area contributed by atoms with Gasteiger partial charge in [0.05, 0.1) is 5.54 Å². The van der Waals surface area contributed by atoms with Crippen molar-refractivity contribution in [2.45, 2.75) is 37.6 Å². The number of para-hydroxylation sites is 1. The zero-order chi connectivity index (χ0) is 18.3. The van der Waals surface area contributed by atoms with Crippen molar-refractivity contribution in [3.63, 3.8) is 0 Å². The van der Waals surface area contributed by atoms with Crippen molar-refractivity contribution >= 4 is 5.69 Å². The maximum atomic E-state index is 9.17. The number of aryl methyl sites for hydroxylation is 1. The molecule has 2 nitrogen and oxygen atoms in total. The van der Waals surface area contributed by atoms with Crippen LogP contribution in [0.2, 0.25) is 0 Å². The first-order valence-corrected chi connectivity index (χ1v) is 9.98. The van der Waals surface area contributed by atoms with Gasteiger partial charge in [-0.3, -0.25) is 0 Å². The van der Waals surface area contributed by atoms with E-state index in [0.717, 1.165) is 32.1 Å². The van der Waals surface area contributed by atoms with Crippen LogP contribution < -0.4 is 5.32 Å². The Morgan fingerprint density at radius 3 is 2.52 bits per heavy atom. The second kappa shape index (κ2) is 6.54. The summed E-state index contributed by atoms with van der Waals surface area (Å²) in [5.41, 5.74) is 9.71. The number of unbranched alkanes of at least 4 members (excludes halogenated alkanes) is 1. The molecular weight excluding hydrogens is 330 g/mol. The third-order valence-corrected chi connectivity index (χ3v) is 6.22. The van der Waals surface area contributed by atoms with Gasteiger partial charge in [-0.15, -0.1) is 0 Å². The van der Waals surface area contributed by atoms with E-state index >= 15 is 0 Å². The Labute approximate surface area is 160 Å². The molecule has 1 spiro atoms. The standard InChI is InChI=1S/C25H25NO/c27-15-6-5-8-18-10-7-12-20-21-11-2-3-13-23(21)25(17-22(18)20)16-19-9-1-4-14-24(19)26-25/h1-4,7,9-14,26-27H,5-6,8,15-17H2. The second-order valence-electron chi connectivity index (χ2n) is 7.89. The van der Waals surface area contributed by atoms with Crippen LogP contribution in [0, 0.1) is 0 Å². The number of benzene rings is 3. The summed E-state index contributed by atoms with van der Waals surface area (Å²) in [6.45, 7) is 0.276. The summed E-state index contributed by atoms with van der Waals surface area (Å²) in [4.78, 5) is 0. The van der Waals surface area contributed by atoms with Crippen molar-refractivity contribution < 1.29 is 5.11 Å². The molecule has 1 aliphatic carbocycles. The summed E-state index contributed by atoms with van der Waals surface area (Å²) in [6, 6.07) is 24.4. The maximum Gasteiger partial charge on any atom is 0.0712 e. The first-order valence-electron chi connectivity index (χ1n) is 9.98. The summed E-state index contributed by atoms with van der Waals surface area (Å²) in [5.74, 6) is 0. The molecule has 1 aliphatic heterocycles. The van der Waals surface area contributed by atoms with E-state index in [1.54, 1.807) is 0 Å². The van der Waals surface area contributed by atoms with E-state index in [-0.39, 0.29) is 12.1 Å². The van der Waals surface area contributed by atoms with Crippen molar-refractivity contribution in [2.75, 3.05) is 11.9 Å². The minimum Gasteiger partial charge on any atom is -0.396 e. The van der Waals surface area contributed by atoms with Gasteiger partial charge in [-0.1, -0.05) is 60.7 Å². The van der Waals surface area contributed by atoms with Crippen molar-refractivity contribution in [3.05, 3.63) is 89.0 Å². The van der Waals surface area contributed by atoms with Gasteiger partial charge in [-0.25, -0.2) is 0 Å². The predicted molar refractivity (Wildman–Crippen MR) is 111 cm³/mol. The molecular formula is C25H25NO. The monoisotopic (exact) mass is 355 g/mol. The Kier molecular flexibility index (Phi) is 4.02. The van der Waals surface area contributed by atoms with E-state index in [1.807, 2.05) is 0 Å². The van der Waals surface area contributed by atoms with E-state index in [9.17, 15) is 5.11 Å². The fraction of sp³-hybridized carbons (Fsp3) is 0.280. The Morgan fingerprint density at radius 1 is 0.815 bits per heavy atom. The molecule has 0 fully saturated rings. The SMILES string of the molecule is OCCCCc1cccc2c1CC1(Cc3ccccc3N1)c1ccccc1-2. The Morgan fingerprint density at radius 2 is 1.63 bits per heavy atom. The Hall–Kier alpha value is -2.58. The molecule has 0 aromatic heterocycles. The second-order valence-corrected chi connectivity index (χ2v) is 7.89. The smallest absolute Gasteiger partial charge is 0.0712 e. The largest absolute Gasteiger partial charge is 0.396 e. The topological polar surface area (TPSA) is 32.3 Å². The molecule has 1 atom stereocenters. The number of anilines is 1. The van der Waals surface area contributed by atoms with Gasteiger partial charge < -0.3 is 10.4 Å². The molecule has 2 heteroatoms. The highest BCUT2D eigenvalue weighted by molar-refractivity contribution is 5.79. The molecule has 0 amide bonds. The predicted octanol–water partition coefficient (Wildman–Crippen LogP) is 5.09. The minimum atomic E-state index is -0.0552. The number of rotatable bonds is 4. The van der Waals surface area contributed by atoms with Crippen molar-refractivity contribution in [3.8, 4) is 11.1 Å². The number of nitrogens with one attached hydrogen (secondary N) is 1. The van der Waals surface area contributed by atoms with Gasteiger partial charge in [0.15, 0.2) is 0 Å². The first-order chi connectivity index (χ1) is 13.3. The van der Waals surface area contributed by atoms with Gasteiger partial charge in [0, 0.05) is 25.1 Å². The normalized spacial score (nSPS) is 19.3. The zero-order valence-corrected chi connectivity index (χ0v) is 15.5.